The van der Waals surface area contributed by atoms with E-state index in [2.05, 4.69) is 15.1 Å². The van der Waals surface area contributed by atoms with Gasteiger partial charge in [0.2, 0.25) is 0 Å². The molecule has 0 aromatic heterocycles. The molecule has 18 heteroatoms. The van der Waals surface area contributed by atoms with Crippen LogP contribution in [0, 0.1) is 11.6 Å². The van der Waals surface area contributed by atoms with Gasteiger partial charge in [0, 0.05) is 112 Å². The lowest BCUT2D eigenvalue weighted by Gasteiger charge is -2.35. The number of carbonyl (C=O) groups excluding carboxylic acids is 3. The van der Waals surface area contributed by atoms with E-state index >= 15 is 0 Å². The molecule has 0 unspecified atom stereocenters. The van der Waals surface area contributed by atoms with Crippen LogP contribution in [0.1, 0.15) is 54.3 Å². The van der Waals surface area contributed by atoms with Crippen molar-refractivity contribution in [2.24, 2.45) is 0 Å². The summed E-state index contributed by atoms with van der Waals surface area (Å²) in [5.41, 5.74) is 1.34. The predicted octanol–water partition coefficient (Wildman–Crippen LogP) is 9.35. The van der Waals surface area contributed by atoms with Crippen molar-refractivity contribution in [1.29, 1.82) is 0 Å². The zero-order chi connectivity index (χ0) is 45.5. The predicted molar refractivity (Wildman–Crippen MR) is 259 cm³/mol. The summed E-state index contributed by atoms with van der Waals surface area (Å²) in [5, 5.41) is 4.48. The van der Waals surface area contributed by atoms with Gasteiger partial charge in [0.1, 0.15) is 5.60 Å². The van der Waals surface area contributed by atoms with Crippen molar-refractivity contribution in [3.8, 4) is 11.5 Å². The van der Waals surface area contributed by atoms with Crippen LogP contribution in [0.15, 0.2) is 84.9 Å². The molecule has 2 heterocycles. The van der Waals surface area contributed by atoms with Gasteiger partial charge in [0.25, 0.3) is 11.8 Å². The molecule has 1 N–H and O–H groups in total. The molecule has 2 fully saturated rings. The van der Waals surface area contributed by atoms with Crippen molar-refractivity contribution >= 4 is 77.3 Å². The third-order valence-electron chi connectivity index (χ3n) is 10.4. The lowest BCUT2D eigenvalue weighted by Crippen LogP contribution is -2.50. The summed E-state index contributed by atoms with van der Waals surface area (Å²) >= 11 is 11.8. The van der Waals surface area contributed by atoms with E-state index in [4.69, 9.17) is 37.4 Å². The van der Waals surface area contributed by atoms with Gasteiger partial charge in [0.05, 0.1) is 13.2 Å². The number of benzene rings is 4. The van der Waals surface area contributed by atoms with Crippen molar-refractivity contribution in [2.75, 3.05) is 103 Å². The summed E-state index contributed by atoms with van der Waals surface area (Å²) in [7, 11) is 3.27. The Bertz CT molecular complexity index is 2120. The molecule has 0 bridgehead atoms. The van der Waals surface area contributed by atoms with Gasteiger partial charge in [-0.15, -0.1) is 24.8 Å². The van der Waals surface area contributed by atoms with E-state index in [1.54, 1.807) is 79.7 Å². The number of nitrogens with zero attached hydrogens (tertiary/aromatic N) is 5. The first-order chi connectivity index (χ1) is 30.1. The second-order valence-corrected chi connectivity index (χ2v) is 17.1. The Morgan fingerprint density at radius 3 is 1.42 bits per heavy atom. The summed E-state index contributed by atoms with van der Waals surface area (Å²) in [6, 6.07) is 22.3. The molecule has 65 heavy (non-hydrogen) atoms. The Hall–Kier alpha value is -4.41. The molecule has 4 aromatic carbocycles. The van der Waals surface area contributed by atoms with E-state index in [1.807, 2.05) is 20.8 Å². The quantitative estimate of drug-likeness (QED) is 0.124. The molecular weight excluding hydrogens is 924 g/mol. The van der Waals surface area contributed by atoms with E-state index in [0.717, 1.165) is 58.8 Å². The van der Waals surface area contributed by atoms with Crippen LogP contribution in [0.4, 0.5) is 25.0 Å². The normalized spacial score (nSPS) is 14.1. The maximum atomic E-state index is 14.6. The fourth-order valence-corrected chi connectivity index (χ4v) is 7.06. The molecule has 6 rings (SSSR count). The minimum absolute atomic E-state index is 0. The zero-order valence-corrected chi connectivity index (χ0v) is 40.6. The number of halogens is 6. The average Bonchev–Trinajstić information content (AvgIpc) is 3.27. The molecule has 2 aliphatic rings. The lowest BCUT2D eigenvalue weighted by molar-refractivity contribution is 0.0141. The number of nitrogens with one attached hydrogen (secondary N) is 1. The Morgan fingerprint density at radius 2 is 1.03 bits per heavy atom. The van der Waals surface area contributed by atoms with Crippen LogP contribution in [0.25, 0.3) is 0 Å². The Morgan fingerprint density at radius 1 is 0.631 bits per heavy atom. The highest BCUT2D eigenvalue weighted by molar-refractivity contribution is 6.31. The minimum Gasteiger partial charge on any atom is -0.490 e. The van der Waals surface area contributed by atoms with Gasteiger partial charge in [-0.1, -0.05) is 23.2 Å². The lowest BCUT2D eigenvalue weighted by atomic mass is 10.1. The summed E-state index contributed by atoms with van der Waals surface area (Å²) in [6.07, 6.45) is 1.27. The highest BCUT2D eigenvalue weighted by Gasteiger charge is 2.26. The van der Waals surface area contributed by atoms with E-state index in [9.17, 15) is 23.2 Å². The summed E-state index contributed by atoms with van der Waals surface area (Å²) in [5.74, 6) is -1.45. The number of anilines is 2. The second kappa shape index (κ2) is 26.7. The van der Waals surface area contributed by atoms with Crippen molar-refractivity contribution in [3.05, 3.63) is 118 Å². The van der Waals surface area contributed by atoms with Gasteiger partial charge in [0.15, 0.2) is 23.1 Å². The van der Waals surface area contributed by atoms with E-state index < -0.39 is 17.2 Å². The third kappa shape index (κ3) is 17.4. The molecule has 3 amide bonds. The summed E-state index contributed by atoms with van der Waals surface area (Å²) in [6.45, 7) is 14.9. The van der Waals surface area contributed by atoms with Crippen LogP contribution in [0.3, 0.4) is 0 Å². The van der Waals surface area contributed by atoms with E-state index in [0.29, 0.717) is 54.1 Å². The number of hydrogen-bond donors (Lipinski definition) is 1. The second-order valence-electron chi connectivity index (χ2n) is 16.3. The minimum atomic E-state index is -0.577. The first kappa shape index (κ1) is 54.9. The topological polar surface area (TPSA) is 107 Å². The Balaban J connectivity index is 0.000000342. The Labute approximate surface area is 403 Å². The molecule has 0 atom stereocenters. The van der Waals surface area contributed by atoms with Crippen molar-refractivity contribution in [3.63, 3.8) is 0 Å². The number of rotatable bonds is 14. The number of amides is 3. The molecule has 0 saturated carbocycles. The number of piperazine rings is 2. The molecule has 0 spiro atoms. The average molecular weight is 985 g/mol. The van der Waals surface area contributed by atoms with Crippen LogP contribution < -0.4 is 24.6 Å². The van der Waals surface area contributed by atoms with E-state index in [1.165, 1.54) is 34.1 Å². The molecule has 4 aromatic rings. The van der Waals surface area contributed by atoms with Crippen LogP contribution in [-0.4, -0.2) is 131 Å². The third-order valence-corrected chi connectivity index (χ3v) is 10.9. The molecule has 0 radical (unpaired) electrons. The first-order valence-electron chi connectivity index (χ1n) is 21.1. The standard InChI is InChI=1S/C26H33ClFN3O4.C21H25ClFN3O2.2ClH/c1-26(2,3)35-25(33)31-15-13-30(14-16-31)12-5-17-34-23-11-6-19(18-22(23)28)24(32)29(4)21-9-7-20(27)8-10-21;1-25(18-6-4-17(22)5-7-18)21(27)16-3-8-20(19(23)15-16)28-14-2-11-26-12-9-24-10-13-26;;/h6-11,18H,5,12-17H2,1-4H3;3-8,15,24H,2,9-14H2,1H3;2*1H. The molecule has 2 aliphatic heterocycles. The first-order valence-corrected chi connectivity index (χ1v) is 21.9. The van der Waals surface area contributed by atoms with Gasteiger partial charge in [-0.2, -0.15) is 0 Å². The highest BCUT2D eigenvalue weighted by Crippen LogP contribution is 2.25. The SMILES string of the molecule is CN(C(=O)c1ccc(OCCCN2CCN(C(=O)OC(C)(C)C)CC2)c(F)c1)c1ccc(Cl)cc1.CN(C(=O)c1ccc(OCCCN2CCNCC2)c(F)c1)c1ccc(Cl)cc1.Cl.Cl. The number of ether oxygens (including phenoxy) is 3. The van der Waals surface area contributed by atoms with Crippen LogP contribution >= 0.6 is 48.0 Å². The highest BCUT2D eigenvalue weighted by atomic mass is 35.5. The zero-order valence-electron chi connectivity index (χ0n) is 37.5. The van der Waals surface area contributed by atoms with Gasteiger partial charge < -0.3 is 39.1 Å². The Kier molecular flexibility index (Phi) is 22.5. The monoisotopic (exact) mass is 982 g/mol. The maximum absolute atomic E-state index is 14.6. The van der Waals surface area contributed by atoms with Gasteiger partial charge in [-0.25, -0.2) is 13.6 Å². The molecular formula is C47H60Cl4F2N6O6. The van der Waals surface area contributed by atoms with Gasteiger partial charge in [-0.3, -0.25) is 14.5 Å². The van der Waals surface area contributed by atoms with Gasteiger partial charge in [-0.05, 0) is 119 Å². The van der Waals surface area contributed by atoms with Crippen molar-refractivity contribution in [1.82, 2.24) is 20.0 Å². The fraction of sp³-hybridized carbons (Fsp3) is 0.426. The fourth-order valence-electron chi connectivity index (χ4n) is 6.81. The van der Waals surface area contributed by atoms with E-state index in [-0.39, 0.29) is 65.3 Å². The maximum Gasteiger partial charge on any atom is 0.410 e. The summed E-state index contributed by atoms with van der Waals surface area (Å²) in [4.78, 5) is 46.7. The largest absolute Gasteiger partial charge is 0.490 e. The van der Waals surface area contributed by atoms with Crippen LogP contribution in [0.5, 0.6) is 11.5 Å². The molecule has 0 aliphatic carbocycles. The van der Waals surface area contributed by atoms with Crippen LogP contribution in [-0.2, 0) is 4.74 Å². The molecule has 356 valence electrons. The van der Waals surface area contributed by atoms with Gasteiger partial charge >= 0.3 is 6.09 Å². The van der Waals surface area contributed by atoms with Crippen LogP contribution in [0.2, 0.25) is 10.0 Å². The van der Waals surface area contributed by atoms with Crippen molar-refractivity contribution < 1.29 is 37.4 Å². The summed E-state index contributed by atoms with van der Waals surface area (Å²) < 4.78 is 45.5. The smallest absolute Gasteiger partial charge is 0.410 e. The number of carbonyl (C=O) groups is 3. The molecule has 2 saturated heterocycles. The van der Waals surface area contributed by atoms with Crippen molar-refractivity contribution in [2.45, 2.75) is 39.2 Å². The molecule has 12 nitrogen and oxygen atoms in total. The number of hydrogen-bond acceptors (Lipinski definition) is 9.